The van der Waals surface area contributed by atoms with Gasteiger partial charge >= 0.3 is 0 Å². The van der Waals surface area contributed by atoms with Crippen LogP contribution < -0.4 is 10.5 Å². The third kappa shape index (κ3) is 9.40. The number of aryl methyl sites for hydroxylation is 1. The van der Waals surface area contributed by atoms with E-state index >= 15 is 0 Å². The lowest BCUT2D eigenvalue weighted by Crippen LogP contribution is -2.31. The molecule has 0 saturated heterocycles. The van der Waals surface area contributed by atoms with Crippen LogP contribution >= 0.6 is 0 Å². The molecule has 0 saturated carbocycles. The number of phenolic OH excluding ortho intramolecular Hbond substituents is 1. The molecule has 0 amide bonds. The number of benzene rings is 3. The van der Waals surface area contributed by atoms with Crippen molar-refractivity contribution >= 4 is 9.84 Å². The van der Waals surface area contributed by atoms with Crippen LogP contribution in [0.2, 0.25) is 0 Å². The molecule has 0 aromatic heterocycles. The van der Waals surface area contributed by atoms with E-state index in [1.807, 2.05) is 0 Å². The smallest absolute Gasteiger partial charge is 0.206 e. The van der Waals surface area contributed by atoms with Gasteiger partial charge in [0, 0.05) is 0 Å². The zero-order chi connectivity index (χ0) is 28.1. The number of nitrogens with two attached hydrogens (primary N) is 1. The normalized spacial score (nSPS) is 13.2. The molecule has 212 valence electrons. The molecule has 0 radical (unpaired) electrons. The lowest BCUT2D eigenvalue weighted by atomic mass is 9.95. The molecule has 3 aromatic carbocycles. The maximum atomic E-state index is 13.0. The van der Waals surface area contributed by atoms with Crippen molar-refractivity contribution in [3.63, 3.8) is 0 Å². The number of phenols is 1. The maximum Gasteiger partial charge on any atom is 0.206 e. The Morgan fingerprint density at radius 3 is 1.82 bits per heavy atom. The molecule has 0 aliphatic rings. The summed E-state index contributed by atoms with van der Waals surface area (Å²) in [6, 6.07) is 20.3. The fourth-order valence-corrected chi connectivity index (χ4v) is 6.10. The summed E-state index contributed by atoms with van der Waals surface area (Å²) in [6.45, 7) is 4.41. The summed E-state index contributed by atoms with van der Waals surface area (Å²) in [5, 5.41) is 9.49. The molecule has 0 spiro atoms. The van der Waals surface area contributed by atoms with Gasteiger partial charge in [0.05, 0.1) is 15.8 Å². The molecule has 2 unspecified atom stereocenters. The second-order valence-corrected chi connectivity index (χ2v) is 12.4. The van der Waals surface area contributed by atoms with Gasteiger partial charge < -0.3 is 15.6 Å². The first-order valence-corrected chi connectivity index (χ1v) is 16.0. The van der Waals surface area contributed by atoms with Gasteiger partial charge in [0.15, 0.2) is 0 Å². The highest BCUT2D eigenvalue weighted by Crippen LogP contribution is 2.28. The molecule has 5 nitrogen and oxygen atoms in total. The zero-order valence-electron chi connectivity index (χ0n) is 23.5. The highest BCUT2D eigenvalue weighted by atomic mass is 32.2. The highest BCUT2D eigenvalue weighted by Gasteiger charge is 2.23. The molecule has 3 aromatic rings. The minimum absolute atomic E-state index is 0.0246. The monoisotopic (exact) mass is 551 g/mol. The molecular formula is C33H45NO4S. The van der Waals surface area contributed by atoms with Crippen molar-refractivity contribution < 1.29 is 18.3 Å². The van der Waals surface area contributed by atoms with Crippen molar-refractivity contribution in [3.05, 3.63) is 83.9 Å². The Morgan fingerprint density at radius 1 is 0.718 bits per heavy atom. The average Bonchev–Trinajstić information content (AvgIpc) is 2.94. The van der Waals surface area contributed by atoms with E-state index in [0.717, 1.165) is 37.7 Å². The largest absolute Gasteiger partial charge is 0.508 e. The van der Waals surface area contributed by atoms with Crippen LogP contribution in [-0.2, 0) is 16.3 Å². The summed E-state index contributed by atoms with van der Waals surface area (Å²) in [5.74, 6) is 0.624. The van der Waals surface area contributed by atoms with E-state index in [9.17, 15) is 13.5 Å². The fraction of sp³-hybridized carbons (Fsp3) is 0.455. The van der Waals surface area contributed by atoms with E-state index < -0.39 is 9.84 Å². The number of hydrogen-bond acceptors (Lipinski definition) is 5. The van der Waals surface area contributed by atoms with E-state index in [0.29, 0.717) is 5.75 Å². The zero-order valence-corrected chi connectivity index (χ0v) is 24.3. The van der Waals surface area contributed by atoms with E-state index in [4.69, 9.17) is 10.5 Å². The Labute approximate surface area is 235 Å². The summed E-state index contributed by atoms with van der Waals surface area (Å²) in [7, 11) is -3.69. The molecule has 2 atom stereocenters. The second-order valence-electron chi connectivity index (χ2n) is 10.4. The molecule has 3 rings (SSSR count). The van der Waals surface area contributed by atoms with Crippen molar-refractivity contribution in [2.45, 2.75) is 106 Å². The quantitative estimate of drug-likeness (QED) is 0.165. The van der Waals surface area contributed by atoms with Gasteiger partial charge in [-0.2, -0.15) is 0 Å². The van der Waals surface area contributed by atoms with Crippen molar-refractivity contribution in [2.75, 3.05) is 0 Å². The topological polar surface area (TPSA) is 89.6 Å². The van der Waals surface area contributed by atoms with Gasteiger partial charge in [-0.15, -0.1) is 0 Å². The maximum absolute atomic E-state index is 13.0. The Bertz CT molecular complexity index is 1210. The van der Waals surface area contributed by atoms with E-state index in [2.05, 4.69) is 38.1 Å². The molecule has 6 heteroatoms. The van der Waals surface area contributed by atoms with Crippen molar-refractivity contribution in [1.29, 1.82) is 0 Å². The predicted molar refractivity (Wildman–Crippen MR) is 159 cm³/mol. The first-order chi connectivity index (χ1) is 18.8. The number of sulfone groups is 1. The third-order valence-corrected chi connectivity index (χ3v) is 9.00. The van der Waals surface area contributed by atoms with Gasteiger partial charge in [-0.1, -0.05) is 89.5 Å². The van der Waals surface area contributed by atoms with E-state index in [-0.39, 0.29) is 27.7 Å². The Kier molecular flexibility index (Phi) is 12.3. The minimum Gasteiger partial charge on any atom is -0.508 e. The lowest BCUT2D eigenvalue weighted by molar-refractivity contribution is 0.157. The van der Waals surface area contributed by atoms with Gasteiger partial charge in [-0.25, -0.2) is 8.42 Å². The molecular weight excluding hydrogens is 506 g/mol. The molecule has 0 bridgehead atoms. The lowest BCUT2D eigenvalue weighted by Gasteiger charge is -2.26. The fourth-order valence-electron chi connectivity index (χ4n) is 4.83. The summed E-state index contributed by atoms with van der Waals surface area (Å²) >= 11 is 0. The summed E-state index contributed by atoms with van der Waals surface area (Å²) in [4.78, 5) is 0.311. The number of rotatable bonds is 17. The number of ether oxygens (including phenoxy) is 1. The van der Waals surface area contributed by atoms with Crippen LogP contribution in [0.5, 0.6) is 11.5 Å². The van der Waals surface area contributed by atoms with E-state index in [1.165, 1.54) is 68.4 Å². The van der Waals surface area contributed by atoms with E-state index in [1.54, 1.807) is 24.3 Å². The van der Waals surface area contributed by atoms with Crippen LogP contribution in [0.4, 0.5) is 0 Å². The third-order valence-electron chi connectivity index (χ3n) is 7.21. The van der Waals surface area contributed by atoms with Crippen LogP contribution in [0.25, 0.3) is 0 Å². The van der Waals surface area contributed by atoms with Crippen molar-refractivity contribution in [2.24, 2.45) is 5.73 Å². The second kappa shape index (κ2) is 15.7. The minimum atomic E-state index is -3.69. The Balaban J connectivity index is 1.68. The molecule has 0 aliphatic carbocycles. The summed E-state index contributed by atoms with van der Waals surface area (Å²) < 4.78 is 32.4. The van der Waals surface area contributed by atoms with Gasteiger partial charge in [-0.3, -0.25) is 0 Å². The molecule has 0 aliphatic heterocycles. The van der Waals surface area contributed by atoms with Crippen LogP contribution in [0, 0.1) is 0 Å². The molecule has 0 fully saturated rings. The van der Waals surface area contributed by atoms with Gasteiger partial charge in [0.1, 0.15) is 17.6 Å². The van der Waals surface area contributed by atoms with Crippen LogP contribution in [0.15, 0.2) is 82.6 Å². The Morgan fingerprint density at radius 2 is 1.26 bits per heavy atom. The number of aromatic hydroxyl groups is 1. The SMILES string of the molecule is CCCCCCCCCCC(Oc1ccc(S(=O)(=O)c2ccc(O)cc2)cc1)C(N)c1ccc(CCC)cc1. The van der Waals surface area contributed by atoms with Gasteiger partial charge in [-0.05, 0) is 78.9 Å². The van der Waals surface area contributed by atoms with Crippen LogP contribution in [0.3, 0.4) is 0 Å². The number of unbranched alkanes of at least 4 members (excludes halogenated alkanes) is 7. The first-order valence-electron chi connectivity index (χ1n) is 14.5. The predicted octanol–water partition coefficient (Wildman–Crippen LogP) is 8.16. The number of hydrogen-bond donors (Lipinski definition) is 2. The molecule has 3 N–H and O–H groups in total. The van der Waals surface area contributed by atoms with Gasteiger partial charge in [0.2, 0.25) is 9.84 Å². The first kappa shape index (κ1) is 30.7. The summed E-state index contributed by atoms with van der Waals surface area (Å²) in [5.41, 5.74) is 9.11. The van der Waals surface area contributed by atoms with Crippen LogP contribution in [-0.4, -0.2) is 19.6 Å². The Hall–Kier alpha value is -2.83. The van der Waals surface area contributed by atoms with Crippen LogP contribution in [0.1, 0.15) is 95.2 Å². The highest BCUT2D eigenvalue weighted by molar-refractivity contribution is 7.91. The van der Waals surface area contributed by atoms with Crippen molar-refractivity contribution in [1.82, 2.24) is 0 Å². The molecule has 0 heterocycles. The van der Waals surface area contributed by atoms with Crippen molar-refractivity contribution in [3.8, 4) is 11.5 Å². The molecule has 39 heavy (non-hydrogen) atoms. The van der Waals surface area contributed by atoms with Gasteiger partial charge in [0.25, 0.3) is 0 Å². The summed E-state index contributed by atoms with van der Waals surface area (Å²) in [6.07, 6.45) is 12.6. The average molecular weight is 552 g/mol. The standard InChI is InChI=1S/C33H45NO4S/c1-3-5-6-7-8-9-10-11-13-32(33(34)27-16-14-26(12-4-2)15-17-27)38-29-20-24-31(25-21-29)39(36,37)30-22-18-28(35)19-23-30/h14-25,32-33,35H,3-13,34H2,1-2H3.